The van der Waals surface area contributed by atoms with Crippen LogP contribution in [0.5, 0.6) is 0 Å². The summed E-state index contributed by atoms with van der Waals surface area (Å²) >= 11 is 0. The Balaban J connectivity index is 1.70. The minimum absolute atomic E-state index is 0.0156. The molecular weight excluding hydrogens is 310 g/mol. The molecule has 1 saturated heterocycles. The second-order valence-corrected chi connectivity index (χ2v) is 6.27. The summed E-state index contributed by atoms with van der Waals surface area (Å²) in [5, 5.41) is 9.46. The van der Waals surface area contributed by atoms with Crippen LogP contribution >= 0.6 is 0 Å². The van der Waals surface area contributed by atoms with Crippen LogP contribution in [0.3, 0.4) is 0 Å². The molecule has 1 aliphatic rings. The summed E-state index contributed by atoms with van der Waals surface area (Å²) in [6.45, 7) is 8.80. The summed E-state index contributed by atoms with van der Waals surface area (Å²) in [5.74, 6) is 0.959. The number of carbonyl (C=O) groups is 2. The third-order valence-electron chi connectivity index (χ3n) is 4.01. The van der Waals surface area contributed by atoms with Crippen LogP contribution in [0.1, 0.15) is 32.4 Å². The van der Waals surface area contributed by atoms with E-state index in [2.05, 4.69) is 22.7 Å². The van der Waals surface area contributed by atoms with Gasteiger partial charge in [0.1, 0.15) is 5.76 Å². The van der Waals surface area contributed by atoms with E-state index >= 15 is 0 Å². The van der Waals surface area contributed by atoms with E-state index in [1.54, 1.807) is 13.0 Å². The predicted molar refractivity (Wildman–Crippen MR) is 90.8 cm³/mol. The van der Waals surface area contributed by atoms with Gasteiger partial charge in [0.2, 0.25) is 5.91 Å². The van der Waals surface area contributed by atoms with Crippen molar-refractivity contribution in [3.05, 3.63) is 11.8 Å². The number of hydrogen-bond donors (Lipinski definition) is 2. The molecule has 134 valence electrons. The first kappa shape index (κ1) is 18.3. The summed E-state index contributed by atoms with van der Waals surface area (Å²) in [5.41, 5.74) is 0. The van der Waals surface area contributed by atoms with Crippen LogP contribution in [0.2, 0.25) is 0 Å². The molecule has 0 radical (unpaired) electrons. The Labute approximate surface area is 142 Å². The lowest BCUT2D eigenvalue weighted by Crippen LogP contribution is -2.54. The second kappa shape index (κ2) is 8.68. The number of hydrogen-bond acceptors (Lipinski definition) is 5. The number of nitrogens with one attached hydrogen (secondary N) is 2. The average Bonchev–Trinajstić information content (AvgIpc) is 2.93. The Morgan fingerprint density at radius 1 is 1.33 bits per heavy atom. The van der Waals surface area contributed by atoms with Crippen molar-refractivity contribution in [1.29, 1.82) is 0 Å². The molecule has 1 aliphatic heterocycles. The molecule has 3 amide bonds. The number of rotatable bonds is 6. The molecule has 0 unspecified atom stereocenters. The quantitative estimate of drug-likeness (QED) is 0.820. The number of amides is 3. The molecule has 1 atom stereocenters. The fourth-order valence-corrected chi connectivity index (χ4v) is 2.73. The maximum absolute atomic E-state index is 12.2. The molecule has 0 spiro atoms. The lowest BCUT2D eigenvalue weighted by atomic mass is 10.2. The molecule has 2 rings (SSSR count). The van der Waals surface area contributed by atoms with Gasteiger partial charge in [0.15, 0.2) is 5.82 Å². The van der Waals surface area contributed by atoms with Crippen LogP contribution in [-0.4, -0.2) is 65.7 Å². The third-order valence-corrected chi connectivity index (χ3v) is 4.01. The number of anilines is 1. The summed E-state index contributed by atoms with van der Waals surface area (Å²) in [7, 11) is 0. The van der Waals surface area contributed by atoms with Gasteiger partial charge in [-0.2, -0.15) is 0 Å². The summed E-state index contributed by atoms with van der Waals surface area (Å²) in [6, 6.07) is 1.85. The van der Waals surface area contributed by atoms with Gasteiger partial charge >= 0.3 is 6.03 Å². The van der Waals surface area contributed by atoms with Crippen molar-refractivity contribution in [2.24, 2.45) is 0 Å². The van der Waals surface area contributed by atoms with Crippen molar-refractivity contribution in [2.75, 3.05) is 38.0 Å². The van der Waals surface area contributed by atoms with Crippen LogP contribution in [0.15, 0.2) is 10.6 Å². The van der Waals surface area contributed by atoms with Gasteiger partial charge in [-0.1, -0.05) is 18.5 Å². The summed E-state index contributed by atoms with van der Waals surface area (Å²) in [6.07, 6.45) is 2.03. The molecule has 2 N–H and O–H groups in total. The lowest BCUT2D eigenvalue weighted by Gasteiger charge is -2.34. The van der Waals surface area contributed by atoms with E-state index in [0.29, 0.717) is 37.8 Å². The summed E-state index contributed by atoms with van der Waals surface area (Å²) < 4.78 is 4.92. The molecule has 0 aromatic carbocycles. The smallest absolute Gasteiger partial charge is 0.317 e. The van der Waals surface area contributed by atoms with Crippen molar-refractivity contribution in [3.8, 4) is 0 Å². The van der Waals surface area contributed by atoms with Crippen LogP contribution < -0.4 is 10.6 Å². The number of urea groups is 1. The highest BCUT2D eigenvalue weighted by atomic mass is 16.5. The molecule has 1 fully saturated rings. The van der Waals surface area contributed by atoms with Crippen LogP contribution in [0.25, 0.3) is 0 Å². The van der Waals surface area contributed by atoms with Crippen LogP contribution in [-0.2, 0) is 4.79 Å². The van der Waals surface area contributed by atoms with Crippen molar-refractivity contribution in [3.63, 3.8) is 0 Å². The van der Waals surface area contributed by atoms with E-state index < -0.39 is 0 Å². The third kappa shape index (κ3) is 5.52. The van der Waals surface area contributed by atoms with Crippen molar-refractivity contribution in [2.45, 2.75) is 39.7 Å². The zero-order valence-corrected chi connectivity index (χ0v) is 14.7. The minimum atomic E-state index is -0.127. The summed E-state index contributed by atoms with van der Waals surface area (Å²) in [4.78, 5) is 28.0. The molecule has 0 aliphatic carbocycles. The molecule has 1 aromatic rings. The first-order chi connectivity index (χ1) is 11.5. The zero-order chi connectivity index (χ0) is 17.5. The topological polar surface area (TPSA) is 90.7 Å². The lowest BCUT2D eigenvalue weighted by molar-refractivity contribution is -0.117. The largest absolute Gasteiger partial charge is 0.360 e. The van der Waals surface area contributed by atoms with Gasteiger partial charge in [-0.3, -0.25) is 9.69 Å². The molecule has 0 bridgehead atoms. The number of aryl methyl sites for hydroxylation is 1. The highest BCUT2D eigenvalue weighted by Gasteiger charge is 2.23. The molecule has 2 heterocycles. The van der Waals surface area contributed by atoms with Gasteiger partial charge < -0.3 is 20.1 Å². The normalized spacial score (nSPS) is 16.7. The number of piperazine rings is 1. The van der Waals surface area contributed by atoms with Crippen LogP contribution in [0.4, 0.5) is 10.6 Å². The van der Waals surface area contributed by atoms with Crippen molar-refractivity contribution >= 4 is 17.8 Å². The van der Waals surface area contributed by atoms with Gasteiger partial charge in [-0.15, -0.1) is 0 Å². The minimum Gasteiger partial charge on any atom is -0.360 e. The van der Waals surface area contributed by atoms with Gasteiger partial charge in [0.05, 0.1) is 6.54 Å². The van der Waals surface area contributed by atoms with Gasteiger partial charge in [-0.05, 0) is 20.3 Å². The molecule has 0 saturated carbocycles. The molecular formula is C16H27N5O3. The van der Waals surface area contributed by atoms with E-state index in [1.165, 1.54) is 0 Å². The highest BCUT2D eigenvalue weighted by molar-refractivity contribution is 5.91. The molecule has 24 heavy (non-hydrogen) atoms. The van der Waals surface area contributed by atoms with Crippen molar-refractivity contribution in [1.82, 2.24) is 20.3 Å². The SMILES string of the molecule is CCC[C@@H](C)NC(=O)N1CCN(CC(=O)Nc2cc(C)on2)CC1. The maximum atomic E-state index is 12.2. The van der Waals surface area contributed by atoms with Gasteiger partial charge in [0, 0.05) is 38.3 Å². The van der Waals surface area contributed by atoms with E-state index in [4.69, 9.17) is 4.52 Å². The maximum Gasteiger partial charge on any atom is 0.317 e. The first-order valence-electron chi connectivity index (χ1n) is 8.49. The van der Waals surface area contributed by atoms with E-state index in [9.17, 15) is 9.59 Å². The molecule has 8 heteroatoms. The zero-order valence-electron chi connectivity index (χ0n) is 14.7. The number of aromatic nitrogens is 1. The Morgan fingerprint density at radius 2 is 2.04 bits per heavy atom. The Morgan fingerprint density at radius 3 is 2.62 bits per heavy atom. The molecule has 1 aromatic heterocycles. The standard InChI is InChI=1S/C16H27N5O3/c1-4-5-12(2)17-16(23)21-8-6-20(7-9-21)11-15(22)18-14-10-13(3)24-19-14/h10,12H,4-9,11H2,1-3H3,(H,17,23)(H,18,19,22)/t12-/m1/s1. The molecule has 8 nitrogen and oxygen atoms in total. The fraction of sp³-hybridized carbons (Fsp3) is 0.688. The Hall–Kier alpha value is -2.09. The van der Waals surface area contributed by atoms with E-state index in [0.717, 1.165) is 12.8 Å². The highest BCUT2D eigenvalue weighted by Crippen LogP contribution is 2.08. The average molecular weight is 337 g/mol. The number of carbonyl (C=O) groups excluding carboxylic acids is 2. The first-order valence-corrected chi connectivity index (χ1v) is 8.49. The fourth-order valence-electron chi connectivity index (χ4n) is 2.73. The van der Waals surface area contributed by atoms with Crippen molar-refractivity contribution < 1.29 is 14.1 Å². The predicted octanol–water partition coefficient (Wildman–Crippen LogP) is 1.44. The van der Waals surface area contributed by atoms with Gasteiger partial charge in [0.25, 0.3) is 0 Å². The number of nitrogens with zero attached hydrogens (tertiary/aromatic N) is 3. The van der Waals surface area contributed by atoms with E-state index in [1.807, 2.05) is 16.7 Å². The van der Waals surface area contributed by atoms with E-state index in [-0.39, 0.29) is 24.5 Å². The Bertz CT molecular complexity index is 552. The van der Waals surface area contributed by atoms with Gasteiger partial charge in [-0.25, -0.2) is 4.79 Å². The van der Waals surface area contributed by atoms with Crippen LogP contribution in [0, 0.1) is 6.92 Å². The second-order valence-electron chi connectivity index (χ2n) is 6.27. The Kier molecular flexibility index (Phi) is 6.60. The monoisotopic (exact) mass is 337 g/mol.